The van der Waals surface area contributed by atoms with Gasteiger partial charge in [-0.2, -0.15) is 10.4 Å². The molecule has 0 aromatic carbocycles. The lowest BCUT2D eigenvalue weighted by atomic mass is 10.2. The summed E-state index contributed by atoms with van der Waals surface area (Å²) in [6, 6.07) is 4.02. The second-order valence-corrected chi connectivity index (χ2v) is 2.10. The van der Waals surface area contributed by atoms with Crippen LogP contribution in [0.1, 0.15) is 12.1 Å². The Bertz CT molecular complexity index is 244. The van der Waals surface area contributed by atoms with Crippen molar-refractivity contribution in [3.05, 3.63) is 18.0 Å². The van der Waals surface area contributed by atoms with Gasteiger partial charge in [-0.25, -0.2) is 0 Å². The third kappa shape index (κ3) is 1.35. The minimum Gasteiger partial charge on any atom is -0.273 e. The van der Waals surface area contributed by atoms with Crippen molar-refractivity contribution in [3.63, 3.8) is 0 Å². The van der Waals surface area contributed by atoms with Crippen molar-refractivity contribution in [2.45, 2.75) is 12.8 Å². The number of aromatic nitrogens is 2. The van der Waals surface area contributed by atoms with E-state index in [0.29, 0.717) is 6.42 Å². The van der Waals surface area contributed by atoms with Gasteiger partial charge < -0.3 is 0 Å². The summed E-state index contributed by atoms with van der Waals surface area (Å²) >= 11 is 0. The van der Waals surface area contributed by atoms with Crippen LogP contribution in [0, 0.1) is 11.3 Å². The zero-order valence-electron chi connectivity index (χ0n) is 5.91. The van der Waals surface area contributed by atoms with Gasteiger partial charge in [0.15, 0.2) is 0 Å². The normalized spacial score (nSPS) is 9.20. The molecule has 52 valence electrons. The summed E-state index contributed by atoms with van der Waals surface area (Å²) in [4.78, 5) is 0. The first-order valence-electron chi connectivity index (χ1n) is 3.18. The van der Waals surface area contributed by atoms with E-state index in [9.17, 15) is 0 Å². The van der Waals surface area contributed by atoms with Crippen molar-refractivity contribution >= 4 is 0 Å². The zero-order chi connectivity index (χ0) is 7.40. The summed E-state index contributed by atoms with van der Waals surface area (Å²) < 4.78 is 1.79. The molecule has 0 N–H and O–H groups in total. The molecule has 0 spiro atoms. The molecule has 3 nitrogen and oxygen atoms in total. The fourth-order valence-corrected chi connectivity index (χ4v) is 0.831. The van der Waals surface area contributed by atoms with Crippen molar-refractivity contribution in [1.29, 1.82) is 5.26 Å². The predicted molar refractivity (Wildman–Crippen MR) is 37.1 cm³/mol. The van der Waals surface area contributed by atoms with Crippen LogP contribution in [-0.4, -0.2) is 9.78 Å². The van der Waals surface area contributed by atoms with Crippen molar-refractivity contribution in [2.24, 2.45) is 7.05 Å². The van der Waals surface area contributed by atoms with E-state index in [1.54, 1.807) is 10.9 Å². The van der Waals surface area contributed by atoms with Gasteiger partial charge in [-0.05, 0) is 6.07 Å². The molecule has 0 amide bonds. The van der Waals surface area contributed by atoms with Crippen molar-refractivity contribution in [1.82, 2.24) is 9.78 Å². The quantitative estimate of drug-likeness (QED) is 0.604. The van der Waals surface area contributed by atoms with Gasteiger partial charge in [0.2, 0.25) is 0 Å². The van der Waals surface area contributed by atoms with Gasteiger partial charge in [0, 0.05) is 31.8 Å². The van der Waals surface area contributed by atoms with Crippen LogP contribution in [0.3, 0.4) is 0 Å². The maximum Gasteiger partial charge on any atom is 0.0625 e. The molecule has 0 aliphatic carbocycles. The summed E-state index contributed by atoms with van der Waals surface area (Å²) in [5.74, 6) is 0. The number of aryl methyl sites for hydroxylation is 2. The van der Waals surface area contributed by atoms with Crippen molar-refractivity contribution in [2.75, 3.05) is 0 Å². The molecule has 0 aliphatic rings. The van der Waals surface area contributed by atoms with E-state index in [4.69, 9.17) is 5.26 Å². The average molecular weight is 135 g/mol. The smallest absolute Gasteiger partial charge is 0.0625 e. The minimum atomic E-state index is 0.569. The first-order valence-corrected chi connectivity index (χ1v) is 3.18. The Morgan fingerprint density at radius 1 is 1.80 bits per heavy atom. The van der Waals surface area contributed by atoms with Gasteiger partial charge in [0.25, 0.3) is 0 Å². The summed E-state index contributed by atoms with van der Waals surface area (Å²) in [7, 11) is 1.88. The highest BCUT2D eigenvalue weighted by Gasteiger charge is 1.95. The monoisotopic (exact) mass is 135 g/mol. The maximum absolute atomic E-state index is 8.28. The fraction of sp³-hybridized carbons (Fsp3) is 0.429. The summed E-state index contributed by atoms with van der Waals surface area (Å²) in [5.41, 5.74) is 1.11. The van der Waals surface area contributed by atoms with Crippen LogP contribution in [0.15, 0.2) is 12.3 Å². The topological polar surface area (TPSA) is 41.6 Å². The second-order valence-electron chi connectivity index (χ2n) is 2.10. The number of nitrogens with zero attached hydrogens (tertiary/aromatic N) is 3. The van der Waals surface area contributed by atoms with Gasteiger partial charge in [-0.3, -0.25) is 4.68 Å². The molecular weight excluding hydrogens is 126 g/mol. The Kier molecular flexibility index (Phi) is 2.06. The van der Waals surface area contributed by atoms with Crippen LogP contribution in [0.4, 0.5) is 0 Å². The molecule has 10 heavy (non-hydrogen) atoms. The van der Waals surface area contributed by atoms with E-state index in [-0.39, 0.29) is 0 Å². The Morgan fingerprint density at radius 3 is 3.10 bits per heavy atom. The number of hydrogen-bond donors (Lipinski definition) is 0. The summed E-state index contributed by atoms with van der Waals surface area (Å²) in [6.45, 7) is 0. The molecule has 3 heteroatoms. The number of rotatable bonds is 2. The van der Waals surface area contributed by atoms with Crippen LogP contribution < -0.4 is 0 Å². The highest BCUT2D eigenvalue weighted by molar-refractivity contribution is 5.01. The third-order valence-electron chi connectivity index (χ3n) is 1.42. The van der Waals surface area contributed by atoms with Gasteiger partial charge >= 0.3 is 0 Å². The Balaban J connectivity index is 2.59. The van der Waals surface area contributed by atoms with E-state index in [1.165, 1.54) is 0 Å². The minimum absolute atomic E-state index is 0.569. The lowest BCUT2D eigenvalue weighted by Crippen LogP contribution is -1.96. The molecule has 1 aromatic rings. The van der Waals surface area contributed by atoms with Crippen molar-refractivity contribution in [3.8, 4) is 6.07 Å². The molecule has 1 aromatic heterocycles. The van der Waals surface area contributed by atoms with E-state index in [0.717, 1.165) is 12.1 Å². The second kappa shape index (κ2) is 3.02. The Morgan fingerprint density at radius 2 is 2.60 bits per heavy atom. The molecule has 1 heterocycles. The van der Waals surface area contributed by atoms with Gasteiger partial charge in [0.05, 0.1) is 6.07 Å². The van der Waals surface area contributed by atoms with Gasteiger partial charge in [0.1, 0.15) is 0 Å². The molecule has 0 atom stereocenters. The van der Waals surface area contributed by atoms with E-state index < -0.39 is 0 Å². The van der Waals surface area contributed by atoms with Gasteiger partial charge in [-0.15, -0.1) is 0 Å². The molecule has 0 radical (unpaired) electrons. The van der Waals surface area contributed by atoms with E-state index in [1.807, 2.05) is 13.1 Å². The van der Waals surface area contributed by atoms with Crippen LogP contribution >= 0.6 is 0 Å². The highest BCUT2D eigenvalue weighted by Crippen LogP contribution is 1.98. The molecule has 0 fully saturated rings. The molecule has 0 unspecified atom stereocenters. The lowest BCUT2D eigenvalue weighted by molar-refractivity contribution is 0.708. The summed E-state index contributed by atoms with van der Waals surface area (Å²) in [6.07, 6.45) is 3.11. The molecule has 0 saturated carbocycles. The van der Waals surface area contributed by atoms with Crippen LogP contribution in [0.2, 0.25) is 0 Å². The summed E-state index contributed by atoms with van der Waals surface area (Å²) in [5, 5.41) is 12.3. The third-order valence-corrected chi connectivity index (χ3v) is 1.42. The first-order chi connectivity index (χ1) is 4.84. The first kappa shape index (κ1) is 6.81. The predicted octanol–water partition coefficient (Wildman–Crippen LogP) is 0.876. The SMILES string of the molecule is Cn1nccc1CCC#N. The maximum atomic E-state index is 8.28. The standard InChI is InChI=1S/C7H9N3/c1-10-7(3-2-5-8)4-6-9-10/h4,6H,2-3H2,1H3. The van der Waals surface area contributed by atoms with E-state index >= 15 is 0 Å². The Hall–Kier alpha value is -1.30. The number of nitriles is 1. The lowest BCUT2D eigenvalue weighted by Gasteiger charge is -1.95. The van der Waals surface area contributed by atoms with E-state index in [2.05, 4.69) is 11.2 Å². The molecule has 0 aliphatic heterocycles. The van der Waals surface area contributed by atoms with Crippen molar-refractivity contribution < 1.29 is 0 Å². The van der Waals surface area contributed by atoms with Crippen LogP contribution in [0.5, 0.6) is 0 Å². The largest absolute Gasteiger partial charge is 0.273 e. The molecule has 0 bridgehead atoms. The van der Waals surface area contributed by atoms with Crippen LogP contribution in [-0.2, 0) is 13.5 Å². The molecular formula is C7H9N3. The fourth-order valence-electron chi connectivity index (χ4n) is 0.831. The molecule has 0 saturated heterocycles. The zero-order valence-corrected chi connectivity index (χ0v) is 5.91. The highest BCUT2D eigenvalue weighted by atomic mass is 15.2. The number of hydrogen-bond acceptors (Lipinski definition) is 2. The average Bonchev–Trinajstić information content (AvgIpc) is 2.31. The Labute approximate surface area is 59.9 Å². The molecule has 1 rings (SSSR count). The van der Waals surface area contributed by atoms with Gasteiger partial charge in [-0.1, -0.05) is 0 Å². The van der Waals surface area contributed by atoms with Crippen LogP contribution in [0.25, 0.3) is 0 Å².